The molecular weight excluding hydrogens is 735 g/mol. The maximum Gasteiger partial charge on any atom is 0.227 e. The van der Waals surface area contributed by atoms with E-state index in [1.807, 2.05) is 48.5 Å². The van der Waals surface area contributed by atoms with Crippen LogP contribution in [0.25, 0.3) is 94.2 Å². The average molecular weight is 770 g/mol. The molecule has 0 bridgehead atoms. The lowest BCUT2D eigenvalue weighted by Gasteiger charge is -2.29. The normalized spacial score (nSPS) is 11.7. The van der Waals surface area contributed by atoms with Crippen molar-refractivity contribution in [3.8, 4) is 39.4 Å². The Kier molecular flexibility index (Phi) is 7.78. The molecule has 9 aromatic carbocycles. The summed E-state index contributed by atoms with van der Waals surface area (Å²) in [6.45, 7) is 0. The van der Waals surface area contributed by atoms with Crippen molar-refractivity contribution in [3.05, 3.63) is 212 Å². The standard InChI is InChI=1S/C55H35N3O2/c1-4-18-36(19-5-1)41-26-10-13-30-46(41)57(48-32-17-29-43-42-27-11-14-31-47(42)58(53(43)48)39-23-8-3-9-24-39)40-25-16-22-38(34-40)45-35-50-52(56-55(60-50)37-20-6-2-7-21-37)51-44-28-12-15-33-49(44)59-54(45)51/h1-35H. The predicted molar refractivity (Wildman–Crippen MR) is 247 cm³/mol. The number of fused-ring (bicyclic) bond motifs is 8. The summed E-state index contributed by atoms with van der Waals surface area (Å²) in [5, 5.41) is 4.32. The van der Waals surface area contributed by atoms with Gasteiger partial charge in [0.05, 0.1) is 27.8 Å². The van der Waals surface area contributed by atoms with Crippen molar-refractivity contribution in [2.75, 3.05) is 4.90 Å². The highest BCUT2D eigenvalue weighted by molar-refractivity contribution is 6.21. The van der Waals surface area contributed by atoms with Gasteiger partial charge >= 0.3 is 0 Å². The maximum atomic E-state index is 6.77. The van der Waals surface area contributed by atoms with Gasteiger partial charge in [-0.2, -0.15) is 0 Å². The van der Waals surface area contributed by atoms with Crippen LogP contribution in [0.15, 0.2) is 221 Å². The third-order valence-electron chi connectivity index (χ3n) is 11.6. The third-order valence-corrected chi connectivity index (χ3v) is 11.6. The van der Waals surface area contributed by atoms with Gasteiger partial charge in [-0.3, -0.25) is 0 Å². The molecule has 5 nitrogen and oxygen atoms in total. The van der Waals surface area contributed by atoms with Gasteiger partial charge in [0.1, 0.15) is 16.7 Å². The molecule has 282 valence electrons. The number of benzene rings is 9. The fourth-order valence-corrected chi connectivity index (χ4v) is 8.97. The quantitative estimate of drug-likeness (QED) is 0.162. The molecule has 0 unspecified atom stereocenters. The fourth-order valence-electron chi connectivity index (χ4n) is 8.97. The highest BCUT2D eigenvalue weighted by Crippen LogP contribution is 2.48. The Morgan fingerprint density at radius 3 is 1.90 bits per heavy atom. The maximum absolute atomic E-state index is 6.77. The molecule has 60 heavy (non-hydrogen) atoms. The van der Waals surface area contributed by atoms with Crippen molar-refractivity contribution in [1.82, 2.24) is 9.55 Å². The van der Waals surface area contributed by atoms with E-state index in [0.717, 1.165) is 89.1 Å². The molecule has 0 saturated heterocycles. The van der Waals surface area contributed by atoms with E-state index in [9.17, 15) is 0 Å². The highest BCUT2D eigenvalue weighted by atomic mass is 16.4. The minimum Gasteiger partial charge on any atom is -0.455 e. The SMILES string of the molecule is c1ccc(-c2nc3c(cc(-c4cccc(N(c5ccccc5-c5ccccc5)c5cccc6c7ccccc7n(-c7ccccc7)c56)c4)c4oc5ccccc5c43)o2)cc1. The number of furan rings is 1. The van der Waals surface area contributed by atoms with Crippen LogP contribution >= 0.6 is 0 Å². The minimum atomic E-state index is 0.577. The summed E-state index contributed by atoms with van der Waals surface area (Å²) in [4.78, 5) is 7.49. The molecule has 0 radical (unpaired) electrons. The van der Waals surface area contributed by atoms with Crippen LogP contribution in [0.5, 0.6) is 0 Å². The summed E-state index contributed by atoms with van der Waals surface area (Å²) in [5.41, 5.74) is 14.7. The summed E-state index contributed by atoms with van der Waals surface area (Å²) < 4.78 is 15.8. The topological polar surface area (TPSA) is 47.3 Å². The number of hydrogen-bond acceptors (Lipinski definition) is 4. The summed E-state index contributed by atoms with van der Waals surface area (Å²) in [7, 11) is 0. The van der Waals surface area contributed by atoms with Gasteiger partial charge in [0.15, 0.2) is 5.58 Å². The molecule has 0 atom stereocenters. The molecule has 0 spiro atoms. The van der Waals surface area contributed by atoms with Crippen molar-refractivity contribution >= 4 is 71.9 Å². The summed E-state index contributed by atoms with van der Waals surface area (Å²) in [6, 6.07) is 74.5. The zero-order chi connectivity index (χ0) is 39.6. The molecular formula is C55H35N3O2. The number of nitrogens with zero attached hydrogens (tertiary/aromatic N) is 3. The average Bonchev–Trinajstić information content (AvgIpc) is 4.03. The Hall–Kier alpha value is -8.15. The van der Waals surface area contributed by atoms with Crippen LogP contribution in [0, 0.1) is 0 Å². The molecule has 0 aliphatic heterocycles. The first-order chi connectivity index (χ1) is 29.8. The second-order valence-corrected chi connectivity index (χ2v) is 15.1. The van der Waals surface area contributed by atoms with E-state index < -0.39 is 0 Å². The largest absolute Gasteiger partial charge is 0.455 e. The second kappa shape index (κ2) is 13.8. The first-order valence-corrected chi connectivity index (χ1v) is 20.2. The molecule has 3 heterocycles. The number of anilines is 3. The van der Waals surface area contributed by atoms with E-state index in [0.29, 0.717) is 11.5 Å². The Morgan fingerprint density at radius 1 is 0.433 bits per heavy atom. The van der Waals surface area contributed by atoms with Gasteiger partial charge in [-0.1, -0.05) is 146 Å². The lowest BCUT2D eigenvalue weighted by atomic mass is 9.99. The van der Waals surface area contributed by atoms with E-state index in [2.05, 4.69) is 173 Å². The zero-order valence-electron chi connectivity index (χ0n) is 32.4. The smallest absolute Gasteiger partial charge is 0.227 e. The fraction of sp³-hybridized carbons (Fsp3) is 0. The van der Waals surface area contributed by atoms with Crippen molar-refractivity contribution in [3.63, 3.8) is 0 Å². The molecule has 12 aromatic rings. The summed E-state index contributed by atoms with van der Waals surface area (Å²) in [5.74, 6) is 0.577. The molecule has 12 rings (SSSR count). The first-order valence-electron chi connectivity index (χ1n) is 20.2. The van der Waals surface area contributed by atoms with E-state index in [-0.39, 0.29) is 0 Å². The number of para-hydroxylation sites is 5. The van der Waals surface area contributed by atoms with Crippen LogP contribution in [0.2, 0.25) is 0 Å². The molecule has 0 fully saturated rings. The van der Waals surface area contributed by atoms with Gasteiger partial charge in [0.25, 0.3) is 0 Å². The van der Waals surface area contributed by atoms with Gasteiger partial charge in [0, 0.05) is 44.2 Å². The van der Waals surface area contributed by atoms with E-state index >= 15 is 0 Å². The van der Waals surface area contributed by atoms with Gasteiger partial charge in [-0.15, -0.1) is 0 Å². The molecule has 5 heteroatoms. The Balaban J connectivity index is 1.15. The van der Waals surface area contributed by atoms with Crippen LogP contribution in [0.3, 0.4) is 0 Å². The van der Waals surface area contributed by atoms with E-state index in [1.54, 1.807) is 0 Å². The predicted octanol–water partition coefficient (Wildman–Crippen LogP) is 15.3. The number of hydrogen-bond donors (Lipinski definition) is 0. The number of rotatable bonds is 7. The molecule has 0 N–H and O–H groups in total. The van der Waals surface area contributed by atoms with Crippen molar-refractivity contribution in [1.29, 1.82) is 0 Å². The first kappa shape index (κ1) is 33.9. The highest BCUT2D eigenvalue weighted by Gasteiger charge is 2.25. The van der Waals surface area contributed by atoms with Gasteiger partial charge in [0.2, 0.25) is 5.89 Å². The molecule has 0 aliphatic rings. The van der Waals surface area contributed by atoms with Crippen LogP contribution < -0.4 is 4.90 Å². The molecule has 0 amide bonds. The number of oxazole rings is 1. The lowest BCUT2D eigenvalue weighted by molar-refractivity contribution is 0.619. The van der Waals surface area contributed by atoms with Crippen LogP contribution in [-0.2, 0) is 0 Å². The van der Waals surface area contributed by atoms with Crippen LogP contribution in [0.1, 0.15) is 0 Å². The zero-order valence-corrected chi connectivity index (χ0v) is 32.4. The van der Waals surface area contributed by atoms with Crippen molar-refractivity contribution in [2.24, 2.45) is 0 Å². The molecule has 0 aliphatic carbocycles. The van der Waals surface area contributed by atoms with Gasteiger partial charge in [-0.05, 0) is 77.9 Å². The summed E-state index contributed by atoms with van der Waals surface area (Å²) in [6.07, 6.45) is 0. The number of aromatic nitrogens is 2. The summed E-state index contributed by atoms with van der Waals surface area (Å²) >= 11 is 0. The Bertz CT molecular complexity index is 3550. The van der Waals surface area contributed by atoms with E-state index in [1.165, 1.54) is 10.8 Å². The van der Waals surface area contributed by atoms with Crippen LogP contribution in [-0.4, -0.2) is 9.55 Å². The molecule has 0 saturated carbocycles. The second-order valence-electron chi connectivity index (χ2n) is 15.1. The lowest BCUT2D eigenvalue weighted by Crippen LogP contribution is -2.13. The van der Waals surface area contributed by atoms with Crippen molar-refractivity contribution in [2.45, 2.75) is 0 Å². The van der Waals surface area contributed by atoms with E-state index in [4.69, 9.17) is 13.8 Å². The Morgan fingerprint density at radius 2 is 1.07 bits per heavy atom. The minimum absolute atomic E-state index is 0.577. The monoisotopic (exact) mass is 769 g/mol. The molecule has 3 aromatic heterocycles. The Labute approximate surface area is 345 Å². The third kappa shape index (κ3) is 5.37. The van der Waals surface area contributed by atoms with Crippen molar-refractivity contribution < 1.29 is 8.83 Å². The van der Waals surface area contributed by atoms with Crippen LogP contribution in [0.4, 0.5) is 17.1 Å². The van der Waals surface area contributed by atoms with Gasteiger partial charge < -0.3 is 18.3 Å². The van der Waals surface area contributed by atoms with Gasteiger partial charge in [-0.25, -0.2) is 4.98 Å².